The van der Waals surface area contributed by atoms with E-state index in [0.717, 1.165) is 22.3 Å². The molecule has 5 heteroatoms. The molecule has 0 bridgehead atoms. The number of rotatable bonds is 3. The minimum absolute atomic E-state index is 0.0622. The molecule has 0 saturated carbocycles. The number of carbonyl (C=O) groups is 1. The van der Waals surface area contributed by atoms with E-state index in [2.05, 4.69) is 0 Å². The number of allylic oxidation sites excluding steroid dienone is 3. The van der Waals surface area contributed by atoms with Gasteiger partial charge in [0.1, 0.15) is 5.76 Å². The molecule has 0 fully saturated rings. The van der Waals surface area contributed by atoms with Crippen LogP contribution in [0.3, 0.4) is 0 Å². The van der Waals surface area contributed by atoms with Gasteiger partial charge in [-0.05, 0) is 47.4 Å². The van der Waals surface area contributed by atoms with Crippen molar-refractivity contribution in [3.05, 3.63) is 52.8 Å². The van der Waals surface area contributed by atoms with Crippen molar-refractivity contribution >= 4 is 11.4 Å². The second-order valence-electron chi connectivity index (χ2n) is 5.21. The Balaban J connectivity index is 2.17. The molecule has 5 nitrogen and oxygen atoms in total. The number of phenols is 2. The number of aliphatic hydroxyl groups excluding tert-OH is 1. The lowest BCUT2D eigenvalue weighted by Gasteiger charge is -2.25. The smallest absolute Gasteiger partial charge is 0.182 e. The maximum Gasteiger partial charge on any atom is 0.182 e. The molecule has 1 aliphatic carbocycles. The maximum absolute atomic E-state index is 11.5. The van der Waals surface area contributed by atoms with Crippen LogP contribution in [0.25, 0.3) is 5.57 Å². The number of ether oxygens (including phenoxy) is 1. The molecule has 0 spiro atoms. The molecule has 0 unspecified atom stereocenters. The summed E-state index contributed by atoms with van der Waals surface area (Å²) < 4.78 is 5.53. The van der Waals surface area contributed by atoms with Gasteiger partial charge >= 0.3 is 0 Å². The first kappa shape index (κ1) is 14.4. The minimum Gasteiger partial charge on any atom is -0.504 e. The van der Waals surface area contributed by atoms with Gasteiger partial charge in [-0.15, -0.1) is 0 Å². The van der Waals surface area contributed by atoms with Gasteiger partial charge in [0.15, 0.2) is 17.3 Å². The second kappa shape index (κ2) is 5.69. The first-order chi connectivity index (χ1) is 10.6. The molecule has 0 radical (unpaired) electrons. The van der Waals surface area contributed by atoms with E-state index in [-0.39, 0.29) is 23.9 Å². The normalized spacial score (nSPS) is 17.1. The topological polar surface area (TPSA) is 87.0 Å². The Morgan fingerprint density at radius 1 is 1.14 bits per heavy atom. The third kappa shape index (κ3) is 2.51. The number of fused-ring (bicyclic) bond motifs is 1. The van der Waals surface area contributed by atoms with Crippen LogP contribution in [0.5, 0.6) is 11.5 Å². The number of carbonyl (C=O) groups excluding carboxylic acids is 1. The summed E-state index contributed by atoms with van der Waals surface area (Å²) in [6, 6.07) is 2.96. The highest BCUT2D eigenvalue weighted by Gasteiger charge is 2.23. The predicted molar refractivity (Wildman–Crippen MR) is 80.3 cm³/mol. The van der Waals surface area contributed by atoms with Gasteiger partial charge in [0.2, 0.25) is 0 Å². The SMILES string of the molecule is O=C1C=CC2=C(c3cc(O)c(O)cc3CCO)CCOC2=C1. The molecule has 1 heterocycles. The van der Waals surface area contributed by atoms with Crippen molar-refractivity contribution in [2.24, 2.45) is 0 Å². The van der Waals surface area contributed by atoms with Crippen LogP contribution < -0.4 is 0 Å². The standard InChI is InChI=1S/C17H16O5/c18-5-3-10-7-15(20)16(21)9-14(10)12-4-6-22-17-8-11(19)1-2-13(12)17/h1-2,7-9,18,20-21H,3-6H2. The monoisotopic (exact) mass is 300 g/mol. The first-order valence-electron chi connectivity index (χ1n) is 7.06. The van der Waals surface area contributed by atoms with E-state index in [9.17, 15) is 20.1 Å². The van der Waals surface area contributed by atoms with Crippen LogP contribution in [0, 0.1) is 0 Å². The zero-order valence-electron chi connectivity index (χ0n) is 11.9. The van der Waals surface area contributed by atoms with Crippen LogP contribution >= 0.6 is 0 Å². The number of hydrogen-bond donors (Lipinski definition) is 3. The lowest BCUT2D eigenvalue weighted by Crippen LogP contribution is -2.13. The third-order valence-electron chi connectivity index (χ3n) is 3.79. The average molecular weight is 300 g/mol. The third-order valence-corrected chi connectivity index (χ3v) is 3.79. The Bertz CT molecular complexity index is 725. The van der Waals surface area contributed by atoms with Gasteiger partial charge in [-0.25, -0.2) is 0 Å². The van der Waals surface area contributed by atoms with Crippen molar-refractivity contribution in [1.29, 1.82) is 0 Å². The fraction of sp³-hybridized carbons (Fsp3) is 0.235. The number of ketones is 1. The fourth-order valence-corrected chi connectivity index (χ4v) is 2.78. The van der Waals surface area contributed by atoms with Gasteiger partial charge in [-0.3, -0.25) is 4.79 Å². The molecular formula is C17H16O5. The van der Waals surface area contributed by atoms with Crippen LogP contribution in [-0.2, 0) is 16.0 Å². The summed E-state index contributed by atoms with van der Waals surface area (Å²) in [5.41, 5.74) is 3.23. The van der Waals surface area contributed by atoms with Gasteiger partial charge in [-0.1, -0.05) is 0 Å². The molecule has 0 saturated heterocycles. The molecular weight excluding hydrogens is 284 g/mol. The zero-order chi connectivity index (χ0) is 15.7. The lowest BCUT2D eigenvalue weighted by molar-refractivity contribution is -0.110. The van der Waals surface area contributed by atoms with Crippen molar-refractivity contribution in [3.8, 4) is 11.5 Å². The highest BCUT2D eigenvalue weighted by Crippen LogP contribution is 2.39. The fourth-order valence-electron chi connectivity index (χ4n) is 2.78. The predicted octanol–water partition coefficient (Wildman–Crippen LogP) is 1.83. The van der Waals surface area contributed by atoms with Crippen molar-refractivity contribution < 1.29 is 24.9 Å². The van der Waals surface area contributed by atoms with Crippen molar-refractivity contribution in [3.63, 3.8) is 0 Å². The van der Waals surface area contributed by atoms with Crippen LogP contribution in [-0.4, -0.2) is 34.3 Å². The second-order valence-corrected chi connectivity index (χ2v) is 5.21. The first-order valence-corrected chi connectivity index (χ1v) is 7.06. The number of benzene rings is 1. The summed E-state index contributed by atoms with van der Waals surface area (Å²) in [4.78, 5) is 11.5. The molecule has 22 heavy (non-hydrogen) atoms. The van der Waals surface area contributed by atoms with Gasteiger partial charge in [0, 0.05) is 24.7 Å². The van der Waals surface area contributed by atoms with Crippen LogP contribution in [0.2, 0.25) is 0 Å². The Morgan fingerprint density at radius 3 is 2.68 bits per heavy atom. The Hall–Kier alpha value is -2.53. The lowest BCUT2D eigenvalue weighted by atomic mass is 9.88. The summed E-state index contributed by atoms with van der Waals surface area (Å²) in [6.45, 7) is 0.374. The van der Waals surface area contributed by atoms with E-state index >= 15 is 0 Å². The van der Waals surface area contributed by atoms with Gasteiger partial charge in [0.25, 0.3) is 0 Å². The molecule has 1 aromatic carbocycles. The molecule has 3 N–H and O–H groups in total. The van der Waals surface area contributed by atoms with Crippen molar-refractivity contribution in [2.75, 3.05) is 13.2 Å². The summed E-state index contributed by atoms with van der Waals surface area (Å²) in [5.74, 6) is -0.0203. The Labute approximate surface area is 127 Å². The molecule has 2 aliphatic rings. The van der Waals surface area contributed by atoms with Gasteiger partial charge < -0.3 is 20.1 Å². The van der Waals surface area contributed by atoms with Crippen LogP contribution in [0.1, 0.15) is 17.5 Å². The Morgan fingerprint density at radius 2 is 1.91 bits per heavy atom. The van der Waals surface area contributed by atoms with Crippen molar-refractivity contribution in [1.82, 2.24) is 0 Å². The number of phenolic OH excluding ortho intramolecular Hbond substituents is 2. The number of hydrogen-bond acceptors (Lipinski definition) is 5. The molecule has 0 atom stereocenters. The number of aromatic hydroxyl groups is 2. The summed E-state index contributed by atoms with van der Waals surface area (Å²) in [6.07, 6.45) is 5.61. The molecule has 3 rings (SSSR count). The van der Waals surface area contributed by atoms with E-state index in [0.29, 0.717) is 25.2 Å². The Kier molecular flexibility index (Phi) is 3.73. The molecule has 1 aromatic rings. The summed E-state index contributed by atoms with van der Waals surface area (Å²) in [7, 11) is 0. The largest absolute Gasteiger partial charge is 0.504 e. The zero-order valence-corrected chi connectivity index (χ0v) is 11.9. The minimum atomic E-state index is -0.213. The van der Waals surface area contributed by atoms with E-state index in [1.54, 1.807) is 6.08 Å². The summed E-state index contributed by atoms with van der Waals surface area (Å²) in [5, 5.41) is 28.7. The molecule has 1 aliphatic heterocycles. The average Bonchev–Trinajstić information content (AvgIpc) is 2.50. The molecule has 0 amide bonds. The summed E-state index contributed by atoms with van der Waals surface area (Å²) >= 11 is 0. The highest BCUT2D eigenvalue weighted by molar-refractivity contribution is 6.03. The number of aliphatic hydroxyl groups is 1. The van der Waals surface area contributed by atoms with Gasteiger partial charge in [0.05, 0.1) is 6.61 Å². The van der Waals surface area contributed by atoms with Crippen LogP contribution in [0.4, 0.5) is 0 Å². The molecule has 114 valence electrons. The van der Waals surface area contributed by atoms with Crippen molar-refractivity contribution in [2.45, 2.75) is 12.8 Å². The highest BCUT2D eigenvalue weighted by atomic mass is 16.5. The van der Waals surface area contributed by atoms with E-state index < -0.39 is 0 Å². The van der Waals surface area contributed by atoms with Crippen LogP contribution in [0.15, 0.2) is 41.7 Å². The van der Waals surface area contributed by atoms with E-state index in [4.69, 9.17) is 4.74 Å². The maximum atomic E-state index is 11.5. The van der Waals surface area contributed by atoms with E-state index in [1.807, 2.05) is 0 Å². The molecule has 0 aromatic heterocycles. The van der Waals surface area contributed by atoms with Gasteiger partial charge in [-0.2, -0.15) is 0 Å². The van der Waals surface area contributed by atoms with E-state index in [1.165, 1.54) is 24.3 Å². The quantitative estimate of drug-likeness (QED) is 0.741.